The smallest absolute Gasteiger partial charge is 0.195 e. The van der Waals surface area contributed by atoms with Crippen LogP contribution in [0.4, 0.5) is 5.69 Å². The molecule has 0 bridgehead atoms. The molecule has 2 fully saturated rings. The van der Waals surface area contributed by atoms with E-state index in [2.05, 4.69) is 80.7 Å². The van der Waals surface area contributed by atoms with E-state index in [0.717, 1.165) is 105 Å². The molecule has 0 radical (unpaired) electrons. The number of benzene rings is 2. The second kappa shape index (κ2) is 12.0. The number of aryl methyl sites for hydroxylation is 1. The van der Waals surface area contributed by atoms with Gasteiger partial charge in [0.25, 0.3) is 0 Å². The van der Waals surface area contributed by atoms with Crippen LogP contribution in [0.2, 0.25) is 18.1 Å². The van der Waals surface area contributed by atoms with Gasteiger partial charge in [0.05, 0.1) is 30.4 Å². The zero-order chi connectivity index (χ0) is 32.1. The number of aromatic amines is 1. The molecule has 1 aliphatic carbocycles. The second-order valence-corrected chi connectivity index (χ2v) is 20.1. The number of nitrogens with one attached hydrogen (secondary N) is 1. The summed E-state index contributed by atoms with van der Waals surface area (Å²) in [7, 11) is -1.83. The summed E-state index contributed by atoms with van der Waals surface area (Å²) in [5.41, 5.74) is 7.15. The van der Waals surface area contributed by atoms with Crippen molar-refractivity contribution < 1.29 is 14.0 Å². The van der Waals surface area contributed by atoms with Gasteiger partial charge in [-0.25, -0.2) is 0 Å². The van der Waals surface area contributed by atoms with Crippen molar-refractivity contribution in [3.8, 4) is 6.07 Å². The summed E-state index contributed by atoms with van der Waals surface area (Å²) >= 11 is 0. The van der Waals surface area contributed by atoms with Crippen LogP contribution in [0.3, 0.4) is 0 Å². The van der Waals surface area contributed by atoms with E-state index in [4.69, 9.17) is 9.16 Å². The fraction of sp³-hybridized carbons (Fsp3) is 0.568. The van der Waals surface area contributed by atoms with Gasteiger partial charge in [0.1, 0.15) is 0 Å². The van der Waals surface area contributed by atoms with Crippen LogP contribution in [-0.4, -0.2) is 76.0 Å². The summed E-state index contributed by atoms with van der Waals surface area (Å²) in [5, 5.41) is 10.6. The number of anilines is 1. The van der Waals surface area contributed by atoms with E-state index in [1.54, 1.807) is 0 Å². The molecule has 0 unspecified atom stereocenters. The largest absolute Gasteiger partial charge is 0.417 e. The van der Waals surface area contributed by atoms with Crippen LogP contribution in [0.1, 0.15) is 92.2 Å². The van der Waals surface area contributed by atoms with Gasteiger partial charge in [0.15, 0.2) is 14.1 Å². The molecular weight excluding hydrogens is 577 g/mol. The first-order valence-corrected chi connectivity index (χ1v) is 19.7. The Morgan fingerprint density at radius 3 is 2.47 bits per heavy atom. The molecule has 2 aliphatic heterocycles. The Balaban J connectivity index is 1.34. The van der Waals surface area contributed by atoms with E-state index in [1.807, 2.05) is 18.2 Å². The average molecular weight is 627 g/mol. The standard InChI is InChI=1S/C37H50N4O3Si/c1-36(2,3)45(6,7)44-18-8-9-26-22-29-30(23-32(26)41-14-12-27(13-15-41)40-16-19-43-20-17-40)37(4,5)35-33(34(29)42)28-11-10-25(24-38)21-31(28)39-35/h10-11,21-23,27,39H,8-9,12-20H2,1-7H3. The number of morpholine rings is 1. The number of carbonyl (C=O) groups is 1. The summed E-state index contributed by atoms with van der Waals surface area (Å²) in [6.07, 6.45) is 4.08. The number of ketones is 1. The predicted molar refractivity (Wildman–Crippen MR) is 184 cm³/mol. The van der Waals surface area contributed by atoms with Crippen molar-refractivity contribution in [3.63, 3.8) is 0 Å². The van der Waals surface area contributed by atoms with E-state index < -0.39 is 13.7 Å². The highest BCUT2D eigenvalue weighted by Crippen LogP contribution is 2.46. The maximum Gasteiger partial charge on any atom is 0.195 e. The third kappa shape index (κ3) is 5.89. The first kappa shape index (κ1) is 32.0. The van der Waals surface area contributed by atoms with Gasteiger partial charge in [-0.2, -0.15) is 5.26 Å². The fourth-order valence-corrected chi connectivity index (χ4v) is 8.38. The van der Waals surface area contributed by atoms with Gasteiger partial charge < -0.3 is 19.0 Å². The highest BCUT2D eigenvalue weighted by Gasteiger charge is 2.41. The molecule has 0 atom stereocenters. The fourth-order valence-electron chi connectivity index (χ4n) is 7.29. The zero-order valence-corrected chi connectivity index (χ0v) is 29.3. The Bertz CT molecular complexity index is 1630. The highest BCUT2D eigenvalue weighted by atomic mass is 28.4. The van der Waals surface area contributed by atoms with Gasteiger partial charge in [-0.3, -0.25) is 9.69 Å². The number of hydrogen-bond donors (Lipinski definition) is 1. The minimum absolute atomic E-state index is 0.0756. The van der Waals surface area contributed by atoms with Crippen molar-refractivity contribution in [2.24, 2.45) is 0 Å². The Hall–Kier alpha value is -2.96. The lowest BCUT2D eigenvalue weighted by Gasteiger charge is -2.42. The lowest BCUT2D eigenvalue weighted by Crippen LogP contribution is -2.49. The number of rotatable bonds is 7. The maximum absolute atomic E-state index is 14.3. The van der Waals surface area contributed by atoms with E-state index in [9.17, 15) is 10.1 Å². The Morgan fingerprint density at radius 1 is 1.09 bits per heavy atom. The number of H-pyrrole nitrogens is 1. The van der Waals surface area contributed by atoms with Crippen LogP contribution in [0.25, 0.3) is 10.9 Å². The van der Waals surface area contributed by atoms with E-state index in [0.29, 0.717) is 11.6 Å². The van der Waals surface area contributed by atoms with Crippen LogP contribution in [0.15, 0.2) is 30.3 Å². The SMILES string of the molecule is CC1(C)c2cc(N3CCC(N4CCOCC4)CC3)c(CCCO[Si](C)(C)C(C)(C)C)cc2C(=O)c2c1[nH]c1cc(C#N)ccc21. The molecule has 45 heavy (non-hydrogen) atoms. The number of nitrogens with zero attached hydrogens (tertiary/aromatic N) is 3. The molecule has 1 aromatic heterocycles. The monoisotopic (exact) mass is 626 g/mol. The average Bonchev–Trinajstić information content (AvgIpc) is 3.42. The molecule has 3 aliphatic rings. The highest BCUT2D eigenvalue weighted by molar-refractivity contribution is 6.74. The molecule has 3 heterocycles. The topological polar surface area (TPSA) is 81.6 Å². The van der Waals surface area contributed by atoms with Gasteiger partial charge in [-0.1, -0.05) is 40.7 Å². The summed E-state index contributed by atoms with van der Waals surface area (Å²) in [4.78, 5) is 23.1. The maximum atomic E-state index is 14.3. The summed E-state index contributed by atoms with van der Waals surface area (Å²) < 4.78 is 12.2. The van der Waals surface area contributed by atoms with E-state index in [-0.39, 0.29) is 10.8 Å². The van der Waals surface area contributed by atoms with Gasteiger partial charge in [-0.15, -0.1) is 0 Å². The molecule has 3 aromatic rings. The van der Waals surface area contributed by atoms with Gasteiger partial charge in [-0.05, 0) is 79.2 Å². The molecule has 8 heteroatoms. The lowest BCUT2D eigenvalue weighted by atomic mass is 9.70. The number of aromatic nitrogens is 1. The predicted octanol–water partition coefficient (Wildman–Crippen LogP) is 7.17. The third-order valence-corrected chi connectivity index (χ3v) is 15.7. The molecule has 2 saturated heterocycles. The van der Waals surface area contributed by atoms with Gasteiger partial charge >= 0.3 is 0 Å². The Morgan fingerprint density at radius 2 is 1.80 bits per heavy atom. The minimum atomic E-state index is -1.83. The molecule has 240 valence electrons. The van der Waals surface area contributed by atoms with Gasteiger partial charge in [0, 0.05) is 72.1 Å². The number of fused-ring (bicyclic) bond motifs is 4. The quantitative estimate of drug-likeness (QED) is 0.221. The van der Waals surface area contributed by atoms with Gasteiger partial charge in [0.2, 0.25) is 0 Å². The Labute approximate surface area is 270 Å². The van der Waals surface area contributed by atoms with Crippen molar-refractivity contribution in [2.75, 3.05) is 50.9 Å². The number of nitriles is 1. The van der Waals surface area contributed by atoms with E-state index in [1.165, 1.54) is 11.3 Å². The summed E-state index contributed by atoms with van der Waals surface area (Å²) in [6.45, 7) is 22.4. The third-order valence-electron chi connectivity index (χ3n) is 11.1. The minimum Gasteiger partial charge on any atom is -0.417 e. The van der Waals surface area contributed by atoms with Crippen LogP contribution in [0.5, 0.6) is 0 Å². The normalized spacial score (nSPS) is 19.4. The molecule has 2 aromatic carbocycles. The van der Waals surface area contributed by atoms with Crippen molar-refractivity contribution in [1.29, 1.82) is 5.26 Å². The van der Waals surface area contributed by atoms with Crippen LogP contribution in [-0.2, 0) is 21.0 Å². The zero-order valence-electron chi connectivity index (χ0n) is 28.3. The first-order valence-electron chi connectivity index (χ1n) is 16.8. The van der Waals surface area contributed by atoms with Crippen molar-refractivity contribution in [3.05, 3.63) is 63.8 Å². The van der Waals surface area contributed by atoms with Crippen molar-refractivity contribution in [1.82, 2.24) is 9.88 Å². The Kier molecular flexibility index (Phi) is 8.53. The molecular formula is C37H50N4O3Si. The first-order chi connectivity index (χ1) is 21.3. The van der Waals surface area contributed by atoms with Crippen LogP contribution < -0.4 is 4.90 Å². The molecule has 0 amide bonds. The van der Waals surface area contributed by atoms with E-state index >= 15 is 0 Å². The lowest BCUT2D eigenvalue weighted by molar-refractivity contribution is 0.0115. The number of carbonyl (C=O) groups excluding carboxylic acids is 1. The number of ether oxygens (including phenoxy) is 1. The van der Waals surface area contributed by atoms with Crippen LogP contribution in [0, 0.1) is 11.3 Å². The number of piperidine rings is 1. The summed E-state index contributed by atoms with van der Waals surface area (Å²) in [6, 6.07) is 13.0. The molecule has 0 saturated carbocycles. The van der Waals surface area contributed by atoms with Crippen molar-refractivity contribution >= 4 is 30.7 Å². The summed E-state index contributed by atoms with van der Waals surface area (Å²) in [5.74, 6) is 0.0756. The van der Waals surface area contributed by atoms with Crippen LogP contribution >= 0.6 is 0 Å². The molecule has 1 N–H and O–H groups in total. The molecule has 0 spiro atoms. The van der Waals surface area contributed by atoms with Crippen molar-refractivity contribution in [2.45, 2.75) is 89.9 Å². The molecule has 6 rings (SSSR count). The second-order valence-electron chi connectivity index (χ2n) is 15.3. The number of hydrogen-bond acceptors (Lipinski definition) is 6. The molecule has 7 nitrogen and oxygen atoms in total.